The maximum absolute atomic E-state index is 12.6. The van der Waals surface area contributed by atoms with Crippen molar-refractivity contribution in [2.24, 2.45) is 13.0 Å². The van der Waals surface area contributed by atoms with E-state index in [1.54, 1.807) is 11.9 Å². The zero-order valence-corrected chi connectivity index (χ0v) is 12.7. The highest BCUT2D eigenvalue weighted by atomic mass is 32.2. The predicted octanol–water partition coefficient (Wildman–Crippen LogP) is -0.755. The molecule has 0 spiro atoms. The van der Waals surface area contributed by atoms with Crippen LogP contribution in [0.25, 0.3) is 0 Å². The van der Waals surface area contributed by atoms with E-state index in [0.29, 0.717) is 26.2 Å². The molecule has 0 bridgehead atoms. The molecule has 1 aromatic rings. The van der Waals surface area contributed by atoms with Gasteiger partial charge in [-0.25, -0.2) is 13.4 Å². The van der Waals surface area contributed by atoms with E-state index in [0.717, 1.165) is 12.8 Å². The average Bonchev–Trinajstić information content (AvgIpc) is 3.24. The molecule has 1 saturated heterocycles. The standard InChI is InChI=1S/C12H19N5O3S/c1-15-8-14-10(13)12(15)21(19,20)17-6-4-16(5-7-17)11(18)9-2-3-9/h8-9H,2-7,13H2,1H3. The van der Waals surface area contributed by atoms with E-state index in [9.17, 15) is 13.2 Å². The summed E-state index contributed by atoms with van der Waals surface area (Å²) in [5.41, 5.74) is 5.66. The van der Waals surface area contributed by atoms with E-state index < -0.39 is 10.0 Å². The van der Waals surface area contributed by atoms with Crippen LogP contribution in [0.15, 0.2) is 11.4 Å². The molecule has 1 saturated carbocycles. The van der Waals surface area contributed by atoms with Crippen LogP contribution in [0.4, 0.5) is 5.82 Å². The quantitative estimate of drug-likeness (QED) is 0.791. The molecule has 2 N–H and O–H groups in total. The lowest BCUT2D eigenvalue weighted by Gasteiger charge is -2.34. The van der Waals surface area contributed by atoms with Crippen LogP contribution < -0.4 is 5.73 Å². The monoisotopic (exact) mass is 313 g/mol. The van der Waals surface area contributed by atoms with Crippen LogP contribution in [0.2, 0.25) is 0 Å². The number of amides is 1. The van der Waals surface area contributed by atoms with Gasteiger partial charge in [-0.15, -0.1) is 0 Å². The highest BCUT2D eigenvalue weighted by Gasteiger charge is 2.37. The van der Waals surface area contributed by atoms with Crippen molar-refractivity contribution in [3.8, 4) is 0 Å². The lowest BCUT2D eigenvalue weighted by Crippen LogP contribution is -2.51. The van der Waals surface area contributed by atoms with Gasteiger partial charge in [0.05, 0.1) is 6.33 Å². The fourth-order valence-corrected chi connectivity index (χ4v) is 4.23. The van der Waals surface area contributed by atoms with Gasteiger partial charge in [0.1, 0.15) is 0 Å². The second kappa shape index (κ2) is 4.99. The van der Waals surface area contributed by atoms with E-state index in [-0.39, 0.29) is 22.7 Å². The van der Waals surface area contributed by atoms with Gasteiger partial charge in [0.25, 0.3) is 10.0 Å². The number of aromatic nitrogens is 2. The van der Waals surface area contributed by atoms with Gasteiger partial charge in [0, 0.05) is 39.1 Å². The molecule has 1 aromatic heterocycles. The zero-order valence-electron chi connectivity index (χ0n) is 11.9. The number of rotatable bonds is 3. The van der Waals surface area contributed by atoms with Crippen molar-refractivity contribution in [3.05, 3.63) is 6.33 Å². The van der Waals surface area contributed by atoms with Crippen LogP contribution in [0.5, 0.6) is 0 Å². The Morgan fingerprint density at radius 3 is 2.38 bits per heavy atom. The summed E-state index contributed by atoms with van der Waals surface area (Å²) in [5.74, 6) is 0.335. The molecule has 0 aromatic carbocycles. The second-order valence-corrected chi connectivity index (χ2v) is 7.40. The Bertz CT molecular complexity index is 637. The summed E-state index contributed by atoms with van der Waals surface area (Å²) >= 11 is 0. The SMILES string of the molecule is Cn1cnc(N)c1S(=O)(=O)N1CCN(C(=O)C2CC2)CC1. The summed E-state index contributed by atoms with van der Waals surface area (Å²) in [5, 5.41) is 0.0180. The molecule has 0 atom stereocenters. The lowest BCUT2D eigenvalue weighted by molar-refractivity contribution is -0.133. The molecular weight excluding hydrogens is 294 g/mol. The summed E-state index contributed by atoms with van der Waals surface area (Å²) < 4.78 is 28.0. The smallest absolute Gasteiger partial charge is 0.262 e. The topological polar surface area (TPSA) is 102 Å². The molecule has 2 aliphatic rings. The average molecular weight is 313 g/mol. The van der Waals surface area contributed by atoms with Gasteiger partial charge in [-0.3, -0.25) is 4.79 Å². The molecule has 9 heteroatoms. The summed E-state index contributed by atoms with van der Waals surface area (Å²) in [6.45, 7) is 1.47. The minimum atomic E-state index is -3.66. The first kappa shape index (κ1) is 14.3. The van der Waals surface area contributed by atoms with Crippen LogP contribution in [-0.4, -0.2) is 59.3 Å². The molecule has 1 aliphatic heterocycles. The van der Waals surface area contributed by atoms with Gasteiger partial charge < -0.3 is 15.2 Å². The Morgan fingerprint density at radius 1 is 1.29 bits per heavy atom. The number of nitrogens with zero attached hydrogens (tertiary/aromatic N) is 4. The number of hydrogen-bond donors (Lipinski definition) is 1. The van der Waals surface area contributed by atoms with Crippen molar-refractivity contribution in [1.29, 1.82) is 0 Å². The van der Waals surface area contributed by atoms with Crippen LogP contribution in [0, 0.1) is 5.92 Å². The third-order valence-corrected chi connectivity index (χ3v) is 6.00. The third kappa shape index (κ3) is 2.51. The number of piperazine rings is 1. The number of anilines is 1. The van der Waals surface area contributed by atoms with Gasteiger partial charge in [-0.2, -0.15) is 4.31 Å². The van der Waals surface area contributed by atoms with Crippen LogP contribution in [0.3, 0.4) is 0 Å². The first-order chi connectivity index (χ1) is 9.91. The Hall–Kier alpha value is -1.61. The van der Waals surface area contributed by atoms with Crippen molar-refractivity contribution < 1.29 is 13.2 Å². The normalized spacial score (nSPS) is 20.7. The van der Waals surface area contributed by atoms with Crippen molar-refractivity contribution in [2.75, 3.05) is 31.9 Å². The van der Waals surface area contributed by atoms with E-state index in [4.69, 9.17) is 5.73 Å². The Morgan fingerprint density at radius 2 is 1.90 bits per heavy atom. The van der Waals surface area contributed by atoms with Crippen LogP contribution in [-0.2, 0) is 21.9 Å². The maximum atomic E-state index is 12.6. The Kier molecular flexibility index (Phi) is 3.40. The number of hydrogen-bond acceptors (Lipinski definition) is 5. The largest absolute Gasteiger partial charge is 0.381 e. The van der Waals surface area contributed by atoms with E-state index in [1.807, 2.05) is 0 Å². The van der Waals surface area contributed by atoms with Crippen molar-refractivity contribution >= 4 is 21.7 Å². The first-order valence-electron chi connectivity index (χ1n) is 6.97. The fourth-order valence-electron chi connectivity index (χ4n) is 2.61. The number of nitrogen functional groups attached to an aromatic ring is 1. The van der Waals surface area contributed by atoms with Gasteiger partial charge in [0.2, 0.25) is 5.91 Å². The van der Waals surface area contributed by atoms with Crippen molar-refractivity contribution in [2.45, 2.75) is 17.9 Å². The highest BCUT2D eigenvalue weighted by Crippen LogP contribution is 2.31. The fraction of sp³-hybridized carbons (Fsp3) is 0.667. The van der Waals surface area contributed by atoms with E-state index in [1.165, 1.54) is 15.2 Å². The molecule has 8 nitrogen and oxygen atoms in total. The molecule has 2 heterocycles. The van der Waals surface area contributed by atoms with Crippen molar-refractivity contribution in [1.82, 2.24) is 18.8 Å². The number of imidazole rings is 1. The molecule has 1 amide bonds. The Balaban J connectivity index is 1.72. The minimum Gasteiger partial charge on any atom is -0.381 e. The van der Waals surface area contributed by atoms with E-state index in [2.05, 4.69) is 4.98 Å². The Labute approximate surface area is 123 Å². The number of carbonyl (C=O) groups excluding carboxylic acids is 1. The number of sulfonamides is 1. The highest BCUT2D eigenvalue weighted by molar-refractivity contribution is 7.89. The second-order valence-electron chi connectivity index (χ2n) is 5.55. The van der Waals surface area contributed by atoms with Gasteiger partial charge in [0.15, 0.2) is 10.8 Å². The van der Waals surface area contributed by atoms with E-state index >= 15 is 0 Å². The molecule has 1 aliphatic carbocycles. The lowest BCUT2D eigenvalue weighted by atomic mass is 10.3. The van der Waals surface area contributed by atoms with Crippen molar-refractivity contribution in [3.63, 3.8) is 0 Å². The summed E-state index contributed by atoms with van der Waals surface area (Å²) in [6, 6.07) is 0. The number of carbonyl (C=O) groups is 1. The summed E-state index contributed by atoms with van der Waals surface area (Å²) in [7, 11) is -2.06. The summed E-state index contributed by atoms with van der Waals surface area (Å²) in [6.07, 6.45) is 3.31. The van der Waals surface area contributed by atoms with Gasteiger partial charge >= 0.3 is 0 Å². The van der Waals surface area contributed by atoms with Crippen LogP contribution in [0.1, 0.15) is 12.8 Å². The van der Waals surface area contributed by atoms with Gasteiger partial charge in [-0.1, -0.05) is 0 Å². The molecule has 2 fully saturated rings. The third-order valence-electron chi connectivity index (χ3n) is 3.97. The molecule has 21 heavy (non-hydrogen) atoms. The summed E-state index contributed by atoms with van der Waals surface area (Å²) in [4.78, 5) is 17.6. The van der Waals surface area contributed by atoms with Gasteiger partial charge in [-0.05, 0) is 12.8 Å². The molecular formula is C12H19N5O3S. The van der Waals surface area contributed by atoms with Crippen LogP contribution >= 0.6 is 0 Å². The number of nitrogens with two attached hydrogens (primary N) is 1. The number of aryl methyl sites for hydroxylation is 1. The minimum absolute atomic E-state index is 0.00832. The molecule has 0 unspecified atom stereocenters. The first-order valence-corrected chi connectivity index (χ1v) is 8.41. The predicted molar refractivity (Wildman–Crippen MR) is 75.7 cm³/mol. The molecule has 0 radical (unpaired) electrons. The molecule has 116 valence electrons. The zero-order chi connectivity index (χ0) is 15.2. The molecule has 3 rings (SSSR count). The maximum Gasteiger partial charge on any atom is 0.262 e.